The third-order valence-corrected chi connectivity index (χ3v) is 7.61. The monoisotopic (exact) mass is 530 g/mol. The number of nitrogens with one attached hydrogen (secondary N) is 2. The normalized spacial score (nSPS) is 11.0. The zero-order valence-electron chi connectivity index (χ0n) is 20.2. The number of thiophene rings is 1. The Labute approximate surface area is 213 Å². The molecule has 9 nitrogen and oxygen atoms in total. The smallest absolute Gasteiger partial charge is 0.348 e. The molecule has 0 spiro atoms. The second-order valence-electron chi connectivity index (χ2n) is 7.65. The molecule has 11 heteroatoms. The number of hydrogen-bond donors (Lipinski definition) is 2. The number of sulfonamides is 1. The predicted molar refractivity (Wildman–Crippen MR) is 137 cm³/mol. The lowest BCUT2D eigenvalue weighted by atomic mass is 10.1. The van der Waals surface area contributed by atoms with Crippen LogP contribution in [0.4, 0.5) is 10.7 Å². The number of carbonyl (C=O) groups excluding carboxylic acids is 3. The third kappa shape index (κ3) is 6.10. The Morgan fingerprint density at radius 3 is 2.19 bits per heavy atom. The van der Waals surface area contributed by atoms with Crippen molar-refractivity contribution in [1.29, 1.82) is 0 Å². The Morgan fingerprint density at radius 1 is 0.917 bits per heavy atom. The first-order valence-corrected chi connectivity index (χ1v) is 13.4. The fourth-order valence-corrected chi connectivity index (χ4v) is 5.41. The molecule has 0 saturated carbocycles. The maximum atomic E-state index is 13.0. The summed E-state index contributed by atoms with van der Waals surface area (Å²) in [4.78, 5) is 38.2. The van der Waals surface area contributed by atoms with Crippen LogP contribution in [0.5, 0.6) is 0 Å². The highest BCUT2D eigenvalue weighted by atomic mass is 32.2. The predicted octanol–water partition coefficient (Wildman–Crippen LogP) is 4.77. The van der Waals surface area contributed by atoms with E-state index in [2.05, 4.69) is 10.0 Å². The quantitative estimate of drug-likeness (QED) is 0.381. The van der Waals surface area contributed by atoms with E-state index in [9.17, 15) is 22.8 Å². The molecule has 0 aliphatic rings. The Hall–Kier alpha value is -3.70. The van der Waals surface area contributed by atoms with Crippen LogP contribution in [0.1, 0.15) is 55.4 Å². The molecular formula is C25H26N2O7S2. The number of ether oxygens (including phenoxy) is 2. The Kier molecular flexibility index (Phi) is 8.49. The maximum Gasteiger partial charge on any atom is 0.348 e. The lowest BCUT2D eigenvalue weighted by molar-refractivity contribution is 0.0527. The van der Waals surface area contributed by atoms with Crippen LogP contribution in [0.3, 0.4) is 0 Å². The number of carbonyl (C=O) groups is 3. The highest BCUT2D eigenvalue weighted by molar-refractivity contribution is 7.92. The maximum absolute atomic E-state index is 13.0. The van der Waals surface area contributed by atoms with Gasteiger partial charge in [0.2, 0.25) is 0 Å². The first kappa shape index (κ1) is 26.9. The molecule has 1 amide bonds. The van der Waals surface area contributed by atoms with Gasteiger partial charge in [0.1, 0.15) is 9.88 Å². The summed E-state index contributed by atoms with van der Waals surface area (Å²) in [6, 6.07) is 12.3. The molecule has 0 unspecified atom stereocenters. The van der Waals surface area contributed by atoms with Crippen molar-refractivity contribution in [1.82, 2.24) is 0 Å². The van der Waals surface area contributed by atoms with Crippen molar-refractivity contribution in [2.45, 2.75) is 32.6 Å². The van der Waals surface area contributed by atoms with Gasteiger partial charge in [-0.15, -0.1) is 11.3 Å². The molecule has 0 radical (unpaired) electrons. The van der Waals surface area contributed by atoms with E-state index in [1.165, 1.54) is 36.4 Å². The lowest BCUT2D eigenvalue weighted by Crippen LogP contribution is -2.16. The third-order valence-electron chi connectivity index (χ3n) is 5.02. The molecule has 2 aromatic carbocycles. The Morgan fingerprint density at radius 2 is 1.56 bits per heavy atom. The summed E-state index contributed by atoms with van der Waals surface area (Å²) in [5.41, 5.74) is 1.65. The summed E-state index contributed by atoms with van der Waals surface area (Å²) < 4.78 is 38.1. The fourth-order valence-electron chi connectivity index (χ4n) is 3.27. The van der Waals surface area contributed by atoms with E-state index in [-0.39, 0.29) is 44.8 Å². The molecule has 0 fully saturated rings. The minimum Gasteiger partial charge on any atom is -0.462 e. The van der Waals surface area contributed by atoms with Crippen LogP contribution in [-0.2, 0) is 19.5 Å². The Bertz CT molecular complexity index is 1390. The SMILES string of the molecule is CCOC(=O)c1sc(NC(=O)c2cccc(NS(=O)(=O)c3ccc(C)cc3)c2)c(C(=O)OCC)c1C. The van der Waals surface area contributed by atoms with Crippen molar-refractivity contribution in [2.24, 2.45) is 0 Å². The number of aryl methyl sites for hydroxylation is 1. The van der Waals surface area contributed by atoms with Gasteiger partial charge in [-0.3, -0.25) is 9.52 Å². The zero-order chi connectivity index (χ0) is 26.5. The first-order chi connectivity index (χ1) is 17.1. The summed E-state index contributed by atoms with van der Waals surface area (Å²) in [5.74, 6) is -1.90. The van der Waals surface area contributed by atoms with Crippen LogP contribution in [0.2, 0.25) is 0 Å². The number of hydrogen-bond acceptors (Lipinski definition) is 8. The van der Waals surface area contributed by atoms with Crippen molar-refractivity contribution >= 4 is 49.9 Å². The standard InChI is InChI=1S/C25H26N2O7S2/c1-5-33-24(29)20-16(4)21(25(30)34-6-2)35-23(20)26-22(28)17-8-7-9-18(14-17)27-36(31,32)19-12-10-15(3)11-13-19/h7-14,27H,5-6H2,1-4H3,(H,26,28). The molecule has 190 valence electrons. The molecule has 3 aromatic rings. The van der Waals surface area contributed by atoms with Crippen molar-refractivity contribution in [3.63, 3.8) is 0 Å². The topological polar surface area (TPSA) is 128 Å². The van der Waals surface area contributed by atoms with E-state index in [1.807, 2.05) is 6.92 Å². The second-order valence-corrected chi connectivity index (χ2v) is 10.4. The molecule has 0 atom stereocenters. The number of esters is 2. The molecule has 1 aromatic heterocycles. The second kappa shape index (κ2) is 11.4. The number of benzene rings is 2. The molecule has 0 aliphatic heterocycles. The van der Waals surface area contributed by atoms with Gasteiger partial charge < -0.3 is 14.8 Å². The number of rotatable bonds is 9. The van der Waals surface area contributed by atoms with Gasteiger partial charge in [-0.1, -0.05) is 23.8 Å². The van der Waals surface area contributed by atoms with Crippen LogP contribution in [-0.4, -0.2) is 39.5 Å². The average Bonchev–Trinajstić information content (AvgIpc) is 3.15. The molecule has 3 rings (SSSR count). The molecule has 0 saturated heterocycles. The van der Waals surface area contributed by atoms with Gasteiger partial charge in [-0.05, 0) is 63.6 Å². The summed E-state index contributed by atoms with van der Waals surface area (Å²) >= 11 is 0.905. The van der Waals surface area contributed by atoms with Gasteiger partial charge in [-0.2, -0.15) is 0 Å². The summed E-state index contributed by atoms with van der Waals surface area (Å²) in [6.45, 7) is 7.00. The molecular weight excluding hydrogens is 504 g/mol. The molecule has 1 heterocycles. The van der Waals surface area contributed by atoms with Crippen LogP contribution in [0.15, 0.2) is 53.4 Å². The first-order valence-electron chi connectivity index (χ1n) is 11.1. The van der Waals surface area contributed by atoms with Crippen molar-refractivity contribution in [3.8, 4) is 0 Å². The van der Waals surface area contributed by atoms with E-state index in [0.29, 0.717) is 5.56 Å². The van der Waals surface area contributed by atoms with E-state index >= 15 is 0 Å². The molecule has 36 heavy (non-hydrogen) atoms. The van der Waals surface area contributed by atoms with Crippen LogP contribution in [0, 0.1) is 13.8 Å². The summed E-state index contributed by atoms with van der Waals surface area (Å²) in [7, 11) is -3.87. The largest absolute Gasteiger partial charge is 0.462 e. The van der Waals surface area contributed by atoms with Gasteiger partial charge in [0.05, 0.1) is 23.7 Å². The molecule has 0 bridgehead atoms. The van der Waals surface area contributed by atoms with Crippen LogP contribution < -0.4 is 10.0 Å². The van der Waals surface area contributed by atoms with E-state index in [4.69, 9.17) is 9.47 Å². The minimum atomic E-state index is -3.87. The average molecular weight is 531 g/mol. The summed E-state index contributed by atoms with van der Waals surface area (Å²) in [5, 5.41) is 2.78. The van der Waals surface area contributed by atoms with Gasteiger partial charge in [0.15, 0.2) is 0 Å². The van der Waals surface area contributed by atoms with Crippen molar-refractivity contribution in [3.05, 3.63) is 75.7 Å². The van der Waals surface area contributed by atoms with Gasteiger partial charge in [0, 0.05) is 11.3 Å². The fraction of sp³-hybridized carbons (Fsp3) is 0.240. The number of amides is 1. The van der Waals surface area contributed by atoms with E-state index in [1.54, 1.807) is 32.9 Å². The molecule has 2 N–H and O–H groups in total. The zero-order valence-corrected chi connectivity index (χ0v) is 21.8. The van der Waals surface area contributed by atoms with Crippen LogP contribution >= 0.6 is 11.3 Å². The minimum absolute atomic E-state index is 0.0643. The van der Waals surface area contributed by atoms with Gasteiger partial charge in [0.25, 0.3) is 15.9 Å². The number of anilines is 2. The van der Waals surface area contributed by atoms with Crippen LogP contribution in [0.25, 0.3) is 0 Å². The van der Waals surface area contributed by atoms with Crippen molar-refractivity contribution < 1.29 is 32.3 Å². The van der Waals surface area contributed by atoms with Crippen molar-refractivity contribution in [2.75, 3.05) is 23.3 Å². The Balaban J connectivity index is 1.88. The lowest BCUT2D eigenvalue weighted by Gasteiger charge is -2.10. The van der Waals surface area contributed by atoms with Gasteiger partial charge in [-0.25, -0.2) is 18.0 Å². The molecule has 0 aliphatic carbocycles. The summed E-state index contributed by atoms with van der Waals surface area (Å²) in [6.07, 6.45) is 0. The van der Waals surface area contributed by atoms with Gasteiger partial charge >= 0.3 is 11.9 Å². The van der Waals surface area contributed by atoms with E-state index in [0.717, 1.165) is 16.9 Å². The van der Waals surface area contributed by atoms with E-state index < -0.39 is 27.9 Å². The highest BCUT2D eigenvalue weighted by Gasteiger charge is 2.27. The highest BCUT2D eigenvalue weighted by Crippen LogP contribution is 2.35.